The van der Waals surface area contributed by atoms with Gasteiger partial charge in [0.15, 0.2) is 0 Å². The van der Waals surface area contributed by atoms with Crippen molar-refractivity contribution in [1.82, 2.24) is 14.8 Å². The number of rotatable bonds is 4. The van der Waals surface area contributed by atoms with Gasteiger partial charge in [-0.2, -0.15) is 5.10 Å². The molecule has 7 heteroatoms. The van der Waals surface area contributed by atoms with Crippen LogP contribution in [0, 0.1) is 6.92 Å². The normalized spacial score (nSPS) is 10.7. The van der Waals surface area contributed by atoms with Crippen molar-refractivity contribution < 1.29 is 9.90 Å². The molecule has 0 spiro atoms. The maximum Gasteiger partial charge on any atom is 0.354 e. The molecule has 0 aliphatic rings. The summed E-state index contributed by atoms with van der Waals surface area (Å²) in [4.78, 5) is 15.5. The molecule has 1 N–H and O–H groups in total. The van der Waals surface area contributed by atoms with Gasteiger partial charge in [0.25, 0.3) is 0 Å². The summed E-state index contributed by atoms with van der Waals surface area (Å²) in [7, 11) is 1.79. The van der Waals surface area contributed by atoms with Gasteiger partial charge in [-0.15, -0.1) is 11.8 Å². The molecular weight excluding hydrogens is 286 g/mol. The highest BCUT2D eigenvalue weighted by molar-refractivity contribution is 7.98. The van der Waals surface area contributed by atoms with Crippen LogP contribution in [0.3, 0.4) is 0 Å². The quantitative estimate of drug-likeness (QED) is 0.879. The second kappa shape index (κ2) is 5.63. The summed E-state index contributed by atoms with van der Waals surface area (Å²) in [6.45, 7) is 1.90. The SMILES string of the molecule is Cc1nn(C)c(Cl)c1CSc1ccnc(C(=O)O)c1. The third kappa shape index (κ3) is 3.08. The van der Waals surface area contributed by atoms with Gasteiger partial charge in [0.2, 0.25) is 0 Å². The Bertz CT molecular complexity index is 627. The second-order valence-electron chi connectivity index (χ2n) is 3.95. The fourth-order valence-corrected chi connectivity index (χ4v) is 2.94. The average Bonchev–Trinajstić information content (AvgIpc) is 2.61. The summed E-state index contributed by atoms with van der Waals surface area (Å²) in [5, 5.41) is 13.7. The Morgan fingerprint density at radius 1 is 1.58 bits per heavy atom. The van der Waals surface area contributed by atoms with Crippen LogP contribution in [-0.2, 0) is 12.8 Å². The smallest absolute Gasteiger partial charge is 0.354 e. The molecule has 0 atom stereocenters. The number of carboxylic acid groups (broad SMARTS) is 1. The fourth-order valence-electron chi connectivity index (χ4n) is 1.61. The van der Waals surface area contributed by atoms with Crippen LogP contribution in [-0.4, -0.2) is 25.8 Å². The maximum atomic E-state index is 10.8. The molecule has 0 saturated heterocycles. The number of thioether (sulfide) groups is 1. The number of pyridine rings is 1. The molecule has 2 aromatic rings. The molecule has 100 valence electrons. The predicted octanol–water partition coefficient (Wildman–Crippen LogP) is 2.77. The highest BCUT2D eigenvalue weighted by atomic mass is 35.5. The van der Waals surface area contributed by atoms with E-state index in [4.69, 9.17) is 16.7 Å². The van der Waals surface area contributed by atoms with E-state index in [0.717, 1.165) is 16.2 Å². The van der Waals surface area contributed by atoms with Crippen molar-refractivity contribution in [3.05, 3.63) is 40.4 Å². The Morgan fingerprint density at radius 2 is 2.32 bits per heavy atom. The number of hydrogen-bond acceptors (Lipinski definition) is 4. The van der Waals surface area contributed by atoms with Crippen molar-refractivity contribution in [3.8, 4) is 0 Å². The lowest BCUT2D eigenvalue weighted by molar-refractivity contribution is 0.0690. The van der Waals surface area contributed by atoms with Crippen LogP contribution in [0.1, 0.15) is 21.7 Å². The molecule has 0 bridgehead atoms. The van der Waals surface area contributed by atoms with E-state index in [2.05, 4.69) is 10.1 Å². The first-order chi connectivity index (χ1) is 8.99. The van der Waals surface area contributed by atoms with Crippen LogP contribution in [0.15, 0.2) is 23.2 Å². The number of hydrogen-bond donors (Lipinski definition) is 1. The zero-order valence-electron chi connectivity index (χ0n) is 10.4. The van der Waals surface area contributed by atoms with E-state index in [-0.39, 0.29) is 5.69 Å². The largest absolute Gasteiger partial charge is 0.477 e. The van der Waals surface area contributed by atoms with E-state index in [1.807, 2.05) is 6.92 Å². The number of aromatic nitrogens is 3. The predicted molar refractivity (Wildman–Crippen MR) is 73.7 cm³/mol. The number of aromatic carboxylic acids is 1. The molecular formula is C12H12ClN3O2S. The van der Waals surface area contributed by atoms with Crippen molar-refractivity contribution in [2.75, 3.05) is 0 Å². The molecule has 2 rings (SSSR count). The van der Waals surface area contributed by atoms with Crippen LogP contribution in [0.4, 0.5) is 0 Å². The lowest BCUT2D eigenvalue weighted by Gasteiger charge is -2.02. The lowest BCUT2D eigenvalue weighted by Crippen LogP contribution is -1.99. The van der Waals surface area contributed by atoms with Crippen molar-refractivity contribution in [1.29, 1.82) is 0 Å². The first-order valence-corrected chi connectivity index (χ1v) is 6.85. The Hall–Kier alpha value is -1.53. The molecule has 5 nitrogen and oxygen atoms in total. The topological polar surface area (TPSA) is 68.0 Å². The summed E-state index contributed by atoms with van der Waals surface area (Å²) in [6.07, 6.45) is 1.49. The van der Waals surface area contributed by atoms with Crippen molar-refractivity contribution in [3.63, 3.8) is 0 Å². The molecule has 0 aliphatic carbocycles. The van der Waals surface area contributed by atoms with Gasteiger partial charge in [-0.1, -0.05) is 11.6 Å². The van der Waals surface area contributed by atoms with Crippen LogP contribution >= 0.6 is 23.4 Å². The number of aryl methyl sites for hydroxylation is 2. The second-order valence-corrected chi connectivity index (χ2v) is 5.36. The van der Waals surface area contributed by atoms with Gasteiger partial charge in [0.05, 0.1) is 5.69 Å². The minimum absolute atomic E-state index is 0.0407. The van der Waals surface area contributed by atoms with Gasteiger partial charge in [0, 0.05) is 29.5 Å². The van der Waals surface area contributed by atoms with Gasteiger partial charge in [-0.25, -0.2) is 9.78 Å². The van der Waals surface area contributed by atoms with E-state index >= 15 is 0 Å². The van der Waals surface area contributed by atoms with E-state index in [0.29, 0.717) is 10.9 Å². The van der Waals surface area contributed by atoms with Crippen LogP contribution in [0.5, 0.6) is 0 Å². The zero-order valence-corrected chi connectivity index (χ0v) is 12.0. The summed E-state index contributed by atoms with van der Waals surface area (Å²) < 4.78 is 1.63. The molecule has 0 saturated carbocycles. The molecule has 2 heterocycles. The van der Waals surface area contributed by atoms with Crippen molar-refractivity contribution in [2.45, 2.75) is 17.6 Å². The summed E-state index contributed by atoms with van der Waals surface area (Å²) in [5.74, 6) is -0.389. The van der Waals surface area contributed by atoms with Gasteiger partial charge < -0.3 is 5.11 Å². The number of carboxylic acids is 1. The lowest BCUT2D eigenvalue weighted by atomic mass is 10.3. The monoisotopic (exact) mass is 297 g/mol. The molecule has 2 aromatic heterocycles. The van der Waals surface area contributed by atoms with Crippen LogP contribution in [0.2, 0.25) is 5.15 Å². The molecule has 19 heavy (non-hydrogen) atoms. The van der Waals surface area contributed by atoms with Gasteiger partial charge in [0.1, 0.15) is 10.8 Å². The molecule has 0 unspecified atom stereocenters. The number of halogens is 1. The molecule has 0 fully saturated rings. The third-order valence-corrected chi connectivity index (χ3v) is 4.10. The summed E-state index contributed by atoms with van der Waals surface area (Å²) in [5.41, 5.74) is 1.88. The van der Waals surface area contributed by atoms with Crippen molar-refractivity contribution >= 4 is 29.3 Å². The Labute approximate surface area is 119 Å². The van der Waals surface area contributed by atoms with E-state index in [9.17, 15) is 4.79 Å². The Balaban J connectivity index is 2.14. The Kier molecular flexibility index (Phi) is 4.11. The first-order valence-electron chi connectivity index (χ1n) is 5.49. The van der Waals surface area contributed by atoms with Gasteiger partial charge in [-0.05, 0) is 19.1 Å². The fraction of sp³-hybridized carbons (Fsp3) is 0.250. The van der Waals surface area contributed by atoms with E-state index in [1.54, 1.807) is 23.9 Å². The minimum atomic E-state index is -1.03. The van der Waals surface area contributed by atoms with Crippen LogP contribution < -0.4 is 0 Å². The highest BCUT2D eigenvalue weighted by Gasteiger charge is 2.12. The van der Waals surface area contributed by atoms with Gasteiger partial charge >= 0.3 is 5.97 Å². The standard InChI is InChI=1S/C12H12ClN3O2S/c1-7-9(11(13)16(2)15-7)6-19-8-3-4-14-10(5-8)12(17)18/h3-5H,6H2,1-2H3,(H,17,18). The number of nitrogens with zero attached hydrogens (tertiary/aromatic N) is 3. The third-order valence-electron chi connectivity index (χ3n) is 2.60. The first kappa shape index (κ1) is 13.9. The van der Waals surface area contributed by atoms with E-state index < -0.39 is 5.97 Å². The van der Waals surface area contributed by atoms with E-state index in [1.165, 1.54) is 18.0 Å². The van der Waals surface area contributed by atoms with Crippen LogP contribution in [0.25, 0.3) is 0 Å². The van der Waals surface area contributed by atoms with Gasteiger partial charge in [-0.3, -0.25) is 4.68 Å². The minimum Gasteiger partial charge on any atom is -0.477 e. The molecule has 0 aliphatic heterocycles. The summed E-state index contributed by atoms with van der Waals surface area (Å²) in [6, 6.07) is 3.32. The summed E-state index contributed by atoms with van der Waals surface area (Å²) >= 11 is 7.65. The number of carbonyl (C=O) groups is 1. The molecule has 0 aromatic carbocycles. The molecule has 0 amide bonds. The molecule has 0 radical (unpaired) electrons. The Morgan fingerprint density at radius 3 is 2.89 bits per heavy atom. The van der Waals surface area contributed by atoms with Crippen molar-refractivity contribution in [2.24, 2.45) is 7.05 Å². The zero-order chi connectivity index (χ0) is 14.0. The highest BCUT2D eigenvalue weighted by Crippen LogP contribution is 2.28. The maximum absolute atomic E-state index is 10.8. The average molecular weight is 298 g/mol.